The Balaban J connectivity index is 1.45. The third-order valence-electron chi connectivity index (χ3n) is 5.87. The highest BCUT2D eigenvalue weighted by Crippen LogP contribution is 2.38. The molecule has 1 atom stereocenters. The average Bonchev–Trinajstić information content (AvgIpc) is 3.09. The molecule has 150 valence electrons. The fraction of sp³-hybridized carbons (Fsp3) is 0.200. The van der Waals surface area contributed by atoms with Crippen molar-refractivity contribution in [2.24, 2.45) is 0 Å². The number of amides is 1. The quantitative estimate of drug-likeness (QED) is 0.452. The number of thiophene rings is 1. The maximum atomic E-state index is 12.8. The summed E-state index contributed by atoms with van der Waals surface area (Å²) in [5, 5.41) is 3.84. The number of carbonyl (C=O) groups is 1. The van der Waals surface area contributed by atoms with Crippen LogP contribution in [-0.4, -0.2) is 10.9 Å². The van der Waals surface area contributed by atoms with Crippen molar-refractivity contribution in [3.63, 3.8) is 0 Å². The van der Waals surface area contributed by atoms with Gasteiger partial charge in [-0.3, -0.25) is 4.79 Å². The maximum absolute atomic E-state index is 12.8. The van der Waals surface area contributed by atoms with Crippen LogP contribution in [0.25, 0.3) is 10.2 Å². The Labute approximate surface area is 179 Å². The lowest BCUT2D eigenvalue weighted by atomic mass is 9.82. The topological polar surface area (TPSA) is 68.0 Å². The molecule has 1 aliphatic rings. The van der Waals surface area contributed by atoms with Crippen molar-refractivity contribution in [2.75, 3.05) is 11.1 Å². The summed E-state index contributed by atoms with van der Waals surface area (Å²) in [6, 6.07) is 20.6. The first-order chi connectivity index (χ1) is 14.6. The highest BCUT2D eigenvalue weighted by Gasteiger charge is 2.24. The molecule has 4 aromatic rings. The molecule has 2 aromatic heterocycles. The normalized spacial score (nSPS) is 15.7. The number of hydrogen-bond donors (Lipinski definition) is 2. The number of aromatic nitrogens is 1. The molecular weight excluding hydrogens is 390 g/mol. The lowest BCUT2D eigenvalue weighted by Gasteiger charge is -2.24. The third-order valence-corrected chi connectivity index (χ3v) is 6.99. The van der Waals surface area contributed by atoms with Gasteiger partial charge in [0.05, 0.1) is 5.69 Å². The fourth-order valence-electron chi connectivity index (χ4n) is 4.19. The second-order valence-electron chi connectivity index (χ2n) is 7.96. The monoisotopic (exact) mass is 413 g/mol. The van der Waals surface area contributed by atoms with Crippen molar-refractivity contribution in [3.8, 4) is 0 Å². The summed E-state index contributed by atoms with van der Waals surface area (Å²) < 4.78 is 0. The number of pyridine rings is 1. The predicted octanol–water partition coefficient (Wildman–Crippen LogP) is 5.71. The molecule has 3 N–H and O–H groups in total. The van der Waals surface area contributed by atoms with E-state index in [9.17, 15) is 4.79 Å². The van der Waals surface area contributed by atoms with Crippen LogP contribution in [0.4, 0.5) is 11.4 Å². The Bertz CT molecular complexity index is 1230. The van der Waals surface area contributed by atoms with E-state index in [0.717, 1.165) is 46.4 Å². The molecule has 0 aliphatic heterocycles. The summed E-state index contributed by atoms with van der Waals surface area (Å²) in [4.78, 5) is 19.1. The van der Waals surface area contributed by atoms with Crippen molar-refractivity contribution in [2.45, 2.75) is 32.1 Å². The van der Waals surface area contributed by atoms with Crippen molar-refractivity contribution in [3.05, 3.63) is 87.9 Å². The van der Waals surface area contributed by atoms with Crippen LogP contribution in [0.15, 0.2) is 60.7 Å². The van der Waals surface area contributed by atoms with Gasteiger partial charge in [-0.1, -0.05) is 48.0 Å². The minimum atomic E-state index is -0.181. The average molecular weight is 414 g/mol. The van der Waals surface area contributed by atoms with E-state index in [4.69, 9.17) is 10.7 Å². The van der Waals surface area contributed by atoms with E-state index in [0.29, 0.717) is 16.5 Å². The van der Waals surface area contributed by atoms with Crippen LogP contribution < -0.4 is 11.1 Å². The number of nitrogens with one attached hydrogen (secondary N) is 1. The second-order valence-corrected chi connectivity index (χ2v) is 8.96. The minimum Gasteiger partial charge on any atom is -0.397 e. The molecule has 0 fully saturated rings. The second kappa shape index (κ2) is 7.58. The summed E-state index contributed by atoms with van der Waals surface area (Å²) in [6.45, 7) is 2.02. The first kappa shape index (κ1) is 18.8. The molecule has 4 nitrogen and oxygen atoms in total. The number of anilines is 2. The minimum absolute atomic E-state index is 0.181. The Hall–Kier alpha value is -3.18. The first-order valence-corrected chi connectivity index (χ1v) is 11.0. The fourth-order valence-corrected chi connectivity index (χ4v) is 5.19. The van der Waals surface area contributed by atoms with Crippen LogP contribution in [0.5, 0.6) is 0 Å². The molecule has 2 heterocycles. The summed E-state index contributed by atoms with van der Waals surface area (Å²) in [6.07, 6.45) is 3.01. The van der Waals surface area contributed by atoms with Crippen molar-refractivity contribution in [1.29, 1.82) is 0 Å². The molecule has 0 spiro atoms. The van der Waals surface area contributed by atoms with Crippen LogP contribution in [-0.2, 0) is 12.8 Å². The van der Waals surface area contributed by atoms with Crippen LogP contribution in [0.2, 0.25) is 0 Å². The lowest BCUT2D eigenvalue weighted by Crippen LogP contribution is -2.14. The molecule has 1 unspecified atom stereocenters. The number of nitrogens with zero attached hydrogens (tertiary/aromatic N) is 1. The molecule has 30 heavy (non-hydrogen) atoms. The Morgan fingerprint density at radius 3 is 2.67 bits per heavy atom. The summed E-state index contributed by atoms with van der Waals surface area (Å²) >= 11 is 1.38. The van der Waals surface area contributed by atoms with Crippen LogP contribution >= 0.6 is 11.3 Å². The molecule has 0 bridgehead atoms. The number of hydrogen-bond acceptors (Lipinski definition) is 4. The molecule has 1 amide bonds. The lowest BCUT2D eigenvalue weighted by molar-refractivity contribution is 0.103. The predicted molar refractivity (Wildman–Crippen MR) is 124 cm³/mol. The number of nitrogens with two attached hydrogens (primary N) is 1. The number of fused-ring (bicyclic) bond motifs is 2. The summed E-state index contributed by atoms with van der Waals surface area (Å²) in [5.74, 6) is 0.321. The van der Waals surface area contributed by atoms with Crippen molar-refractivity contribution < 1.29 is 4.79 Å². The molecule has 5 rings (SSSR count). The number of aryl methyl sites for hydroxylation is 2. The highest BCUT2D eigenvalue weighted by molar-refractivity contribution is 7.21. The molecular formula is C25H23N3OS. The number of nitrogen functional groups attached to an aromatic ring is 1. The van der Waals surface area contributed by atoms with Gasteiger partial charge in [-0.25, -0.2) is 4.98 Å². The Morgan fingerprint density at radius 2 is 1.90 bits per heavy atom. The van der Waals surface area contributed by atoms with Gasteiger partial charge in [-0.05, 0) is 61.4 Å². The van der Waals surface area contributed by atoms with E-state index in [2.05, 4.69) is 41.7 Å². The molecule has 0 radical (unpaired) electrons. The zero-order valence-electron chi connectivity index (χ0n) is 16.8. The van der Waals surface area contributed by atoms with Gasteiger partial charge in [0.15, 0.2) is 0 Å². The van der Waals surface area contributed by atoms with E-state index in [-0.39, 0.29) is 5.91 Å². The molecule has 0 saturated carbocycles. The van der Waals surface area contributed by atoms with E-state index >= 15 is 0 Å². The summed E-state index contributed by atoms with van der Waals surface area (Å²) in [5.41, 5.74) is 12.6. The van der Waals surface area contributed by atoms with Crippen LogP contribution in [0.3, 0.4) is 0 Å². The molecule has 0 saturated heterocycles. The van der Waals surface area contributed by atoms with Gasteiger partial charge < -0.3 is 11.1 Å². The van der Waals surface area contributed by atoms with Crippen LogP contribution in [0, 0.1) is 6.92 Å². The van der Waals surface area contributed by atoms with E-state index in [1.54, 1.807) is 0 Å². The molecule has 2 aromatic carbocycles. The zero-order chi connectivity index (χ0) is 20.7. The maximum Gasteiger partial charge on any atom is 0.267 e. The number of rotatable bonds is 3. The number of carbonyl (C=O) groups excluding carboxylic acids is 1. The van der Waals surface area contributed by atoms with E-state index in [1.807, 2.05) is 31.2 Å². The van der Waals surface area contributed by atoms with Crippen molar-refractivity contribution in [1.82, 2.24) is 4.98 Å². The number of benzene rings is 2. The first-order valence-electron chi connectivity index (χ1n) is 10.2. The van der Waals surface area contributed by atoms with Crippen LogP contribution in [0.1, 0.15) is 44.4 Å². The van der Waals surface area contributed by atoms with Gasteiger partial charge in [-0.2, -0.15) is 0 Å². The zero-order valence-corrected chi connectivity index (χ0v) is 17.6. The van der Waals surface area contributed by atoms with Crippen molar-refractivity contribution >= 4 is 38.8 Å². The van der Waals surface area contributed by atoms with Gasteiger partial charge in [0, 0.05) is 16.8 Å². The van der Waals surface area contributed by atoms with Gasteiger partial charge >= 0.3 is 0 Å². The highest BCUT2D eigenvalue weighted by atomic mass is 32.1. The Morgan fingerprint density at radius 1 is 1.13 bits per heavy atom. The SMILES string of the molecule is Cc1ccc(NC(=O)c2sc3nc4c(cc3c2N)CC(c2ccccc2)CC4)cc1. The Kier molecular flexibility index (Phi) is 4.75. The summed E-state index contributed by atoms with van der Waals surface area (Å²) in [7, 11) is 0. The van der Waals surface area contributed by atoms with E-state index in [1.165, 1.54) is 22.5 Å². The van der Waals surface area contributed by atoms with Gasteiger partial charge in [0.2, 0.25) is 0 Å². The smallest absolute Gasteiger partial charge is 0.267 e. The van der Waals surface area contributed by atoms with Gasteiger partial charge in [0.1, 0.15) is 9.71 Å². The molecule has 5 heteroatoms. The molecule has 1 aliphatic carbocycles. The van der Waals surface area contributed by atoms with Gasteiger partial charge in [0.25, 0.3) is 5.91 Å². The third kappa shape index (κ3) is 3.46. The van der Waals surface area contributed by atoms with E-state index < -0.39 is 0 Å². The standard InChI is InChI=1S/C25H23N3OS/c1-15-7-10-19(11-8-15)27-24(29)23-22(26)20-14-18-13-17(16-5-3-2-4-6-16)9-12-21(18)28-25(20)30-23/h2-8,10-11,14,17H,9,12-13,26H2,1H3,(H,27,29). The van der Waals surface area contributed by atoms with Gasteiger partial charge in [-0.15, -0.1) is 11.3 Å². The largest absolute Gasteiger partial charge is 0.397 e.